The van der Waals surface area contributed by atoms with Crippen molar-refractivity contribution < 1.29 is 8.78 Å². The number of nitrogens with zero attached hydrogens (tertiary/aromatic N) is 1. The summed E-state index contributed by atoms with van der Waals surface area (Å²) in [5.74, 6) is 0.0579. The first-order valence-electron chi connectivity index (χ1n) is 6.53. The molecule has 1 aromatic carbocycles. The predicted octanol–water partition coefficient (Wildman–Crippen LogP) is 4.01. The quantitative estimate of drug-likeness (QED) is 0.774. The van der Waals surface area contributed by atoms with Crippen LogP contribution in [0.25, 0.3) is 0 Å². The third-order valence-electron chi connectivity index (χ3n) is 4.60. The van der Waals surface area contributed by atoms with Crippen molar-refractivity contribution in [3.63, 3.8) is 0 Å². The van der Waals surface area contributed by atoms with Crippen LogP contribution < -0.4 is 0 Å². The van der Waals surface area contributed by atoms with Crippen LogP contribution in [0.4, 0.5) is 8.78 Å². The van der Waals surface area contributed by atoms with Gasteiger partial charge in [-0.05, 0) is 54.7 Å². The average Bonchev–Trinajstić information content (AvgIpc) is 2.90. The van der Waals surface area contributed by atoms with E-state index in [0.29, 0.717) is 11.5 Å². The van der Waals surface area contributed by atoms with E-state index >= 15 is 0 Å². The van der Waals surface area contributed by atoms with Crippen molar-refractivity contribution in [3.8, 4) is 6.07 Å². The maximum atomic E-state index is 13.3. The number of halogens is 2. The van der Waals surface area contributed by atoms with E-state index in [0.717, 1.165) is 18.4 Å². The maximum Gasteiger partial charge on any atom is 0.126 e. The van der Waals surface area contributed by atoms with Crippen LogP contribution in [-0.2, 0) is 0 Å². The molecular formula is C15H15F2N. The van der Waals surface area contributed by atoms with E-state index in [1.54, 1.807) is 0 Å². The molecule has 2 aliphatic rings. The van der Waals surface area contributed by atoms with Crippen molar-refractivity contribution in [2.45, 2.75) is 31.6 Å². The van der Waals surface area contributed by atoms with Crippen LogP contribution in [-0.4, -0.2) is 0 Å². The smallest absolute Gasteiger partial charge is 0.126 e. The Hall–Kier alpha value is -1.43. The van der Waals surface area contributed by atoms with Gasteiger partial charge in [0, 0.05) is 6.07 Å². The Labute approximate surface area is 105 Å². The van der Waals surface area contributed by atoms with E-state index in [-0.39, 0.29) is 11.8 Å². The molecule has 0 radical (unpaired) electrons. The fourth-order valence-corrected chi connectivity index (χ4v) is 3.87. The number of hydrogen-bond acceptors (Lipinski definition) is 1. The summed E-state index contributed by atoms with van der Waals surface area (Å²) in [6.07, 6.45) is 4.67. The molecule has 1 nitrogen and oxygen atoms in total. The number of hydrogen-bond donors (Lipinski definition) is 0. The summed E-state index contributed by atoms with van der Waals surface area (Å²) in [5.41, 5.74) is 0.507. The van der Waals surface area contributed by atoms with Gasteiger partial charge in [-0.2, -0.15) is 5.26 Å². The van der Waals surface area contributed by atoms with E-state index in [1.807, 2.05) is 0 Å². The van der Waals surface area contributed by atoms with Gasteiger partial charge in [0.2, 0.25) is 0 Å². The molecule has 2 aliphatic carbocycles. The first kappa shape index (κ1) is 11.6. The molecule has 0 aromatic heterocycles. The summed E-state index contributed by atoms with van der Waals surface area (Å²) in [7, 11) is 0. The minimum Gasteiger partial charge on any atom is -0.207 e. The van der Waals surface area contributed by atoms with Crippen LogP contribution in [0, 0.1) is 40.7 Å². The van der Waals surface area contributed by atoms with Gasteiger partial charge in [0.1, 0.15) is 11.6 Å². The molecule has 1 aromatic rings. The molecule has 2 bridgehead atoms. The summed E-state index contributed by atoms with van der Waals surface area (Å²) in [5, 5.41) is 9.35. The van der Waals surface area contributed by atoms with Crippen molar-refractivity contribution in [2.75, 3.05) is 0 Å². The molecule has 2 saturated carbocycles. The number of rotatable bonds is 2. The van der Waals surface area contributed by atoms with Crippen molar-refractivity contribution in [1.29, 1.82) is 5.26 Å². The maximum absolute atomic E-state index is 13.3. The highest BCUT2D eigenvalue weighted by Gasteiger charge is 2.43. The van der Waals surface area contributed by atoms with Crippen LogP contribution >= 0.6 is 0 Å². The molecule has 18 heavy (non-hydrogen) atoms. The van der Waals surface area contributed by atoms with Crippen molar-refractivity contribution in [2.24, 2.45) is 17.8 Å². The first-order valence-corrected chi connectivity index (χ1v) is 6.53. The van der Waals surface area contributed by atoms with Crippen molar-refractivity contribution in [3.05, 3.63) is 35.4 Å². The third-order valence-corrected chi connectivity index (χ3v) is 4.60. The molecule has 4 atom stereocenters. The second-order valence-electron chi connectivity index (χ2n) is 5.65. The second-order valence-corrected chi connectivity index (χ2v) is 5.65. The standard InChI is InChI=1S/C15H15F2N/c16-12-5-11(6-13(17)7-12)15(8-18)14-4-9-1-2-10(14)3-9/h5-7,9-10,14-15H,1-4H2. The Kier molecular flexibility index (Phi) is 2.81. The average molecular weight is 247 g/mol. The van der Waals surface area contributed by atoms with E-state index in [1.165, 1.54) is 31.4 Å². The summed E-state index contributed by atoms with van der Waals surface area (Å²) >= 11 is 0. The lowest BCUT2D eigenvalue weighted by Crippen LogP contribution is -2.18. The Bertz CT molecular complexity index is 485. The Morgan fingerprint density at radius 3 is 2.33 bits per heavy atom. The van der Waals surface area contributed by atoms with Crippen molar-refractivity contribution in [1.82, 2.24) is 0 Å². The molecule has 3 heteroatoms. The molecule has 3 rings (SSSR count). The lowest BCUT2D eigenvalue weighted by atomic mass is 9.77. The molecule has 0 spiro atoms. The molecule has 0 saturated heterocycles. The Morgan fingerprint density at radius 1 is 1.11 bits per heavy atom. The van der Waals surface area contributed by atoms with Gasteiger partial charge in [0.15, 0.2) is 0 Å². The highest BCUT2D eigenvalue weighted by Crippen LogP contribution is 2.53. The summed E-state index contributed by atoms with van der Waals surface area (Å²) < 4.78 is 26.5. The molecule has 0 heterocycles. The Balaban J connectivity index is 1.91. The van der Waals surface area contributed by atoms with E-state index in [9.17, 15) is 14.0 Å². The van der Waals surface area contributed by atoms with E-state index < -0.39 is 11.6 Å². The predicted molar refractivity (Wildman–Crippen MR) is 63.7 cm³/mol. The lowest BCUT2D eigenvalue weighted by molar-refractivity contribution is 0.310. The highest BCUT2D eigenvalue weighted by atomic mass is 19.1. The van der Waals surface area contributed by atoms with Gasteiger partial charge >= 0.3 is 0 Å². The number of fused-ring (bicyclic) bond motifs is 2. The van der Waals surface area contributed by atoms with Gasteiger partial charge in [-0.3, -0.25) is 0 Å². The van der Waals surface area contributed by atoms with Crippen LogP contribution in [0.15, 0.2) is 18.2 Å². The van der Waals surface area contributed by atoms with Crippen molar-refractivity contribution >= 4 is 0 Å². The van der Waals surface area contributed by atoms with E-state index in [4.69, 9.17) is 0 Å². The fourth-order valence-electron chi connectivity index (χ4n) is 3.87. The normalized spacial score (nSPS) is 31.3. The fraction of sp³-hybridized carbons (Fsp3) is 0.533. The largest absolute Gasteiger partial charge is 0.207 e. The van der Waals surface area contributed by atoms with E-state index in [2.05, 4.69) is 6.07 Å². The minimum absolute atomic E-state index is 0.287. The van der Waals surface area contributed by atoms with Crippen LogP contribution in [0.3, 0.4) is 0 Å². The van der Waals surface area contributed by atoms with Gasteiger partial charge < -0.3 is 0 Å². The third kappa shape index (κ3) is 1.90. The summed E-state index contributed by atoms with van der Waals surface area (Å²) in [6.45, 7) is 0. The molecule has 4 unspecified atom stereocenters. The molecule has 2 fully saturated rings. The van der Waals surface area contributed by atoms with Gasteiger partial charge in [-0.25, -0.2) is 8.78 Å². The monoisotopic (exact) mass is 247 g/mol. The number of nitriles is 1. The lowest BCUT2D eigenvalue weighted by Gasteiger charge is -2.26. The molecular weight excluding hydrogens is 232 g/mol. The topological polar surface area (TPSA) is 23.8 Å². The van der Waals surface area contributed by atoms with Gasteiger partial charge in [-0.1, -0.05) is 6.42 Å². The van der Waals surface area contributed by atoms with Crippen LogP contribution in [0.2, 0.25) is 0 Å². The zero-order valence-corrected chi connectivity index (χ0v) is 10.1. The van der Waals surface area contributed by atoms with Gasteiger partial charge in [0.25, 0.3) is 0 Å². The molecule has 0 N–H and O–H groups in total. The minimum atomic E-state index is -0.589. The SMILES string of the molecule is N#CC(c1cc(F)cc(F)c1)C1CC2CCC1C2. The van der Waals surface area contributed by atoms with Gasteiger partial charge in [-0.15, -0.1) is 0 Å². The highest BCUT2D eigenvalue weighted by molar-refractivity contribution is 5.28. The Morgan fingerprint density at radius 2 is 1.83 bits per heavy atom. The van der Waals surface area contributed by atoms with Gasteiger partial charge in [0.05, 0.1) is 12.0 Å². The number of benzene rings is 1. The van der Waals surface area contributed by atoms with Crippen LogP contribution in [0.1, 0.15) is 37.2 Å². The molecule has 0 amide bonds. The first-order chi connectivity index (χ1) is 8.67. The molecule has 0 aliphatic heterocycles. The second kappa shape index (κ2) is 4.35. The molecule has 94 valence electrons. The summed E-state index contributed by atoms with van der Waals surface area (Å²) in [6, 6.07) is 5.74. The zero-order valence-electron chi connectivity index (χ0n) is 10.1. The zero-order chi connectivity index (χ0) is 12.7. The van der Waals surface area contributed by atoms with Crippen LogP contribution in [0.5, 0.6) is 0 Å². The summed E-state index contributed by atoms with van der Waals surface area (Å²) in [4.78, 5) is 0.